The Morgan fingerprint density at radius 1 is 1.41 bits per heavy atom. The molecule has 1 aromatic heterocycles. The molecule has 114 valence electrons. The van der Waals surface area contributed by atoms with Crippen molar-refractivity contribution in [2.75, 3.05) is 24.4 Å². The van der Waals surface area contributed by atoms with E-state index in [4.69, 9.17) is 4.74 Å². The molecule has 0 saturated heterocycles. The van der Waals surface area contributed by atoms with Gasteiger partial charge in [-0.2, -0.15) is 0 Å². The molecular formula is C16H18N4O2. The number of nitrogens with one attached hydrogen (secondary N) is 2. The number of anilines is 2. The predicted molar refractivity (Wildman–Crippen MR) is 84.8 cm³/mol. The Balaban J connectivity index is 2.01. The van der Waals surface area contributed by atoms with Crippen LogP contribution in [0.15, 0.2) is 30.5 Å². The summed E-state index contributed by atoms with van der Waals surface area (Å²) < 4.78 is 5.11. The first-order valence-corrected chi connectivity index (χ1v) is 7.18. The molecule has 6 nitrogen and oxygen atoms in total. The highest BCUT2D eigenvalue weighted by molar-refractivity contribution is 5.99. The van der Waals surface area contributed by atoms with E-state index in [1.165, 1.54) is 0 Å². The van der Waals surface area contributed by atoms with E-state index < -0.39 is 0 Å². The second-order valence-electron chi connectivity index (χ2n) is 5.34. The van der Waals surface area contributed by atoms with Crippen molar-refractivity contribution in [3.05, 3.63) is 36.0 Å². The van der Waals surface area contributed by atoms with E-state index in [9.17, 15) is 4.79 Å². The second-order valence-corrected chi connectivity index (χ2v) is 5.34. The lowest BCUT2D eigenvalue weighted by atomic mass is 10.1. The standard InChI is InChI=1S/C16H18N4O2/c1-10(9-22-2)18-16-17-8-11-7-14(21)19-13-6-4-3-5-12(13)15(11)20-16/h3-6,8,10H,7,9H2,1-2H3,(H,19,21)(H,17,18,20). The number of hydrogen-bond donors (Lipinski definition) is 2. The summed E-state index contributed by atoms with van der Waals surface area (Å²) in [5, 5.41) is 6.11. The van der Waals surface area contributed by atoms with Crippen LogP contribution in [0, 0.1) is 0 Å². The summed E-state index contributed by atoms with van der Waals surface area (Å²) in [5.41, 5.74) is 3.30. The Hall–Kier alpha value is -2.47. The molecule has 6 heteroatoms. The first-order chi connectivity index (χ1) is 10.7. The van der Waals surface area contributed by atoms with Crippen molar-refractivity contribution >= 4 is 17.5 Å². The summed E-state index contributed by atoms with van der Waals surface area (Å²) in [6.07, 6.45) is 1.99. The van der Waals surface area contributed by atoms with Gasteiger partial charge in [-0.15, -0.1) is 0 Å². The Morgan fingerprint density at radius 3 is 3.05 bits per heavy atom. The number of fused-ring (bicyclic) bond motifs is 3. The zero-order valence-corrected chi connectivity index (χ0v) is 12.6. The molecule has 22 heavy (non-hydrogen) atoms. The first kappa shape index (κ1) is 14.5. The third kappa shape index (κ3) is 2.92. The third-order valence-electron chi connectivity index (χ3n) is 3.46. The molecule has 0 radical (unpaired) electrons. The van der Waals surface area contributed by atoms with Crippen LogP contribution in [0.4, 0.5) is 11.6 Å². The topological polar surface area (TPSA) is 76.1 Å². The van der Waals surface area contributed by atoms with Crippen LogP contribution in [0.5, 0.6) is 0 Å². The van der Waals surface area contributed by atoms with Gasteiger partial charge in [0, 0.05) is 30.5 Å². The van der Waals surface area contributed by atoms with Crippen molar-refractivity contribution in [1.82, 2.24) is 9.97 Å². The molecule has 1 aromatic carbocycles. The van der Waals surface area contributed by atoms with Crippen LogP contribution >= 0.6 is 0 Å². The van der Waals surface area contributed by atoms with E-state index in [-0.39, 0.29) is 18.4 Å². The van der Waals surface area contributed by atoms with Gasteiger partial charge >= 0.3 is 0 Å². The van der Waals surface area contributed by atoms with Crippen molar-refractivity contribution in [3.63, 3.8) is 0 Å². The number of ether oxygens (including phenoxy) is 1. The van der Waals surface area contributed by atoms with Gasteiger partial charge in [0.2, 0.25) is 11.9 Å². The van der Waals surface area contributed by atoms with Crippen molar-refractivity contribution in [1.29, 1.82) is 0 Å². The molecule has 2 aromatic rings. The molecule has 0 aliphatic carbocycles. The maximum Gasteiger partial charge on any atom is 0.228 e. The van der Waals surface area contributed by atoms with E-state index >= 15 is 0 Å². The number of carbonyl (C=O) groups is 1. The highest BCUT2D eigenvalue weighted by Crippen LogP contribution is 2.32. The molecule has 1 aliphatic rings. The predicted octanol–water partition coefficient (Wildman–Crippen LogP) is 2.08. The van der Waals surface area contributed by atoms with Crippen molar-refractivity contribution < 1.29 is 9.53 Å². The number of methoxy groups -OCH3 is 1. The Labute approximate surface area is 128 Å². The van der Waals surface area contributed by atoms with Gasteiger partial charge in [-0.25, -0.2) is 9.97 Å². The summed E-state index contributed by atoms with van der Waals surface area (Å²) >= 11 is 0. The van der Waals surface area contributed by atoms with Gasteiger partial charge < -0.3 is 15.4 Å². The van der Waals surface area contributed by atoms with E-state index in [1.807, 2.05) is 31.2 Å². The van der Waals surface area contributed by atoms with Gasteiger partial charge in [0.05, 0.1) is 24.4 Å². The zero-order valence-electron chi connectivity index (χ0n) is 12.6. The zero-order chi connectivity index (χ0) is 15.5. The number of amides is 1. The van der Waals surface area contributed by atoms with Crippen LogP contribution in [-0.4, -0.2) is 35.6 Å². The lowest BCUT2D eigenvalue weighted by Gasteiger charge is -2.14. The van der Waals surface area contributed by atoms with Crippen LogP contribution < -0.4 is 10.6 Å². The van der Waals surface area contributed by atoms with Gasteiger partial charge in [0.15, 0.2) is 0 Å². The highest BCUT2D eigenvalue weighted by Gasteiger charge is 2.20. The Kier molecular flexibility index (Phi) is 4.02. The number of benzene rings is 1. The average molecular weight is 298 g/mol. The monoisotopic (exact) mass is 298 g/mol. The fraction of sp³-hybridized carbons (Fsp3) is 0.312. The van der Waals surface area contributed by atoms with Crippen LogP contribution in [0.3, 0.4) is 0 Å². The quantitative estimate of drug-likeness (QED) is 0.904. The second kappa shape index (κ2) is 6.11. The number of nitrogens with zero attached hydrogens (tertiary/aromatic N) is 2. The molecule has 1 atom stereocenters. The lowest BCUT2D eigenvalue weighted by molar-refractivity contribution is -0.115. The van der Waals surface area contributed by atoms with Crippen molar-refractivity contribution in [2.24, 2.45) is 0 Å². The molecule has 0 bridgehead atoms. The molecule has 1 unspecified atom stereocenters. The van der Waals surface area contributed by atoms with E-state index in [0.29, 0.717) is 12.6 Å². The van der Waals surface area contributed by atoms with E-state index in [1.54, 1.807) is 13.3 Å². The van der Waals surface area contributed by atoms with Gasteiger partial charge in [-0.05, 0) is 13.0 Å². The summed E-state index contributed by atoms with van der Waals surface area (Å²) in [4.78, 5) is 20.9. The molecule has 2 N–H and O–H groups in total. The molecular weight excluding hydrogens is 280 g/mol. The number of rotatable bonds is 4. The molecule has 0 saturated carbocycles. The third-order valence-corrected chi connectivity index (χ3v) is 3.46. The summed E-state index contributed by atoms with van der Waals surface area (Å²) in [7, 11) is 1.66. The maximum atomic E-state index is 12.0. The van der Waals surface area contributed by atoms with E-state index in [0.717, 1.165) is 22.5 Å². The number of hydrogen-bond acceptors (Lipinski definition) is 5. The minimum absolute atomic E-state index is 0.0525. The maximum absolute atomic E-state index is 12.0. The van der Waals surface area contributed by atoms with Crippen molar-refractivity contribution in [3.8, 4) is 11.3 Å². The first-order valence-electron chi connectivity index (χ1n) is 7.18. The number of carbonyl (C=O) groups excluding carboxylic acids is 1. The Morgan fingerprint density at radius 2 is 2.23 bits per heavy atom. The number of aromatic nitrogens is 2. The van der Waals surface area contributed by atoms with Crippen LogP contribution in [-0.2, 0) is 16.0 Å². The van der Waals surface area contributed by atoms with Crippen LogP contribution in [0.25, 0.3) is 11.3 Å². The molecule has 3 rings (SSSR count). The van der Waals surface area contributed by atoms with E-state index in [2.05, 4.69) is 20.6 Å². The SMILES string of the molecule is COCC(C)Nc1ncc2c(n1)-c1ccccc1NC(=O)C2. The lowest BCUT2D eigenvalue weighted by Crippen LogP contribution is -2.22. The summed E-state index contributed by atoms with van der Waals surface area (Å²) in [6.45, 7) is 2.56. The summed E-state index contributed by atoms with van der Waals surface area (Å²) in [5.74, 6) is 0.482. The molecule has 2 heterocycles. The minimum Gasteiger partial charge on any atom is -0.383 e. The molecule has 1 amide bonds. The fourth-order valence-corrected chi connectivity index (χ4v) is 2.52. The molecule has 0 fully saturated rings. The smallest absolute Gasteiger partial charge is 0.228 e. The minimum atomic E-state index is -0.0525. The van der Waals surface area contributed by atoms with Crippen molar-refractivity contribution in [2.45, 2.75) is 19.4 Å². The van der Waals surface area contributed by atoms with Gasteiger partial charge in [0.25, 0.3) is 0 Å². The van der Waals surface area contributed by atoms with Gasteiger partial charge in [-0.3, -0.25) is 4.79 Å². The molecule has 1 aliphatic heterocycles. The van der Waals surface area contributed by atoms with Crippen LogP contribution in [0.2, 0.25) is 0 Å². The van der Waals surface area contributed by atoms with Gasteiger partial charge in [0.1, 0.15) is 0 Å². The largest absolute Gasteiger partial charge is 0.383 e. The highest BCUT2D eigenvalue weighted by atomic mass is 16.5. The van der Waals surface area contributed by atoms with Gasteiger partial charge in [-0.1, -0.05) is 18.2 Å². The number of para-hydroxylation sites is 1. The Bertz CT molecular complexity index is 702. The molecule has 0 spiro atoms. The van der Waals surface area contributed by atoms with Crippen LogP contribution in [0.1, 0.15) is 12.5 Å². The summed E-state index contributed by atoms with van der Waals surface area (Å²) in [6, 6.07) is 7.76. The fourth-order valence-electron chi connectivity index (χ4n) is 2.52. The average Bonchev–Trinajstić information content (AvgIpc) is 2.63. The normalized spacial score (nSPS) is 14.4.